The lowest BCUT2D eigenvalue weighted by Crippen LogP contribution is -2.50. The summed E-state index contributed by atoms with van der Waals surface area (Å²) in [5.41, 5.74) is 7.09. The van der Waals surface area contributed by atoms with Crippen LogP contribution in [0.25, 0.3) is 0 Å². The number of nitrogen functional groups attached to an aromatic ring is 1. The molecule has 0 spiro atoms. The first-order valence-corrected chi connectivity index (χ1v) is 7.01. The lowest BCUT2D eigenvalue weighted by Gasteiger charge is -2.41. The Hall–Kier alpha value is -1.95. The fourth-order valence-electron chi connectivity index (χ4n) is 2.49. The van der Waals surface area contributed by atoms with Crippen LogP contribution in [0.15, 0.2) is 18.2 Å². The zero-order valence-corrected chi connectivity index (χ0v) is 12.8. The molecule has 116 valence electrons. The van der Waals surface area contributed by atoms with Crippen LogP contribution >= 0.6 is 0 Å². The summed E-state index contributed by atoms with van der Waals surface area (Å²) in [5.74, 6) is 0.662. The number of nitrogens with two attached hydrogens (primary N) is 1. The second kappa shape index (κ2) is 6.22. The third-order valence-electron chi connectivity index (χ3n) is 3.27. The molecule has 3 N–H and O–H groups in total. The molecule has 1 amide bonds. The third kappa shape index (κ3) is 3.78. The minimum absolute atomic E-state index is 0.0565. The third-order valence-corrected chi connectivity index (χ3v) is 3.27. The van der Waals surface area contributed by atoms with Gasteiger partial charge < -0.3 is 25.4 Å². The number of amides is 1. The van der Waals surface area contributed by atoms with Crippen molar-refractivity contribution in [2.75, 3.05) is 44.0 Å². The SMILES string of the molecule is COCCNC(=O)CN1CC(C)(C)Oc2cccc(N)c21. The second-order valence-corrected chi connectivity index (χ2v) is 5.75. The molecular weight excluding hydrogens is 270 g/mol. The molecule has 0 fully saturated rings. The fourth-order valence-corrected chi connectivity index (χ4v) is 2.49. The highest BCUT2D eigenvalue weighted by Gasteiger charge is 2.33. The lowest BCUT2D eigenvalue weighted by molar-refractivity contribution is -0.120. The molecule has 1 aliphatic heterocycles. The lowest BCUT2D eigenvalue weighted by atomic mass is 10.0. The second-order valence-electron chi connectivity index (χ2n) is 5.75. The van der Waals surface area contributed by atoms with Crippen LogP contribution in [0.4, 0.5) is 11.4 Å². The quantitative estimate of drug-likeness (QED) is 0.626. The number of hydrogen-bond donors (Lipinski definition) is 2. The van der Waals surface area contributed by atoms with Gasteiger partial charge in [-0.25, -0.2) is 0 Å². The number of anilines is 2. The standard InChI is InChI=1S/C15H23N3O3/c1-15(2)10-18(9-13(19)17-7-8-20-3)14-11(16)5-4-6-12(14)21-15/h4-6H,7-10,16H2,1-3H3,(H,17,19). The first-order chi connectivity index (χ1) is 9.93. The number of rotatable bonds is 5. The number of methoxy groups -OCH3 is 1. The van der Waals surface area contributed by atoms with E-state index in [9.17, 15) is 4.79 Å². The van der Waals surface area contributed by atoms with E-state index in [1.165, 1.54) is 0 Å². The van der Waals surface area contributed by atoms with Gasteiger partial charge in [0.25, 0.3) is 0 Å². The molecule has 2 rings (SSSR count). The summed E-state index contributed by atoms with van der Waals surface area (Å²) in [6.45, 7) is 5.84. The van der Waals surface area contributed by atoms with Crippen LogP contribution in [-0.2, 0) is 9.53 Å². The summed E-state index contributed by atoms with van der Waals surface area (Å²) in [4.78, 5) is 14.0. The van der Waals surface area contributed by atoms with E-state index in [4.69, 9.17) is 15.2 Å². The number of carbonyl (C=O) groups excluding carboxylic acids is 1. The van der Waals surface area contributed by atoms with Gasteiger partial charge in [0.05, 0.1) is 25.4 Å². The average molecular weight is 293 g/mol. The van der Waals surface area contributed by atoms with Crippen molar-refractivity contribution in [2.45, 2.75) is 19.4 Å². The van der Waals surface area contributed by atoms with Crippen molar-refractivity contribution in [3.63, 3.8) is 0 Å². The van der Waals surface area contributed by atoms with Gasteiger partial charge in [-0.1, -0.05) is 6.07 Å². The molecule has 6 nitrogen and oxygen atoms in total. The molecule has 0 radical (unpaired) electrons. The summed E-state index contributed by atoms with van der Waals surface area (Å²) < 4.78 is 10.9. The smallest absolute Gasteiger partial charge is 0.239 e. The zero-order chi connectivity index (χ0) is 15.5. The maximum Gasteiger partial charge on any atom is 0.239 e. The van der Waals surface area contributed by atoms with Gasteiger partial charge in [0, 0.05) is 13.7 Å². The van der Waals surface area contributed by atoms with E-state index in [-0.39, 0.29) is 18.1 Å². The van der Waals surface area contributed by atoms with Crippen LogP contribution in [-0.4, -0.2) is 44.9 Å². The van der Waals surface area contributed by atoms with Gasteiger partial charge in [0.2, 0.25) is 5.91 Å². The molecule has 21 heavy (non-hydrogen) atoms. The predicted molar refractivity (Wildman–Crippen MR) is 82.7 cm³/mol. The van der Waals surface area contributed by atoms with Crippen molar-refractivity contribution in [1.29, 1.82) is 0 Å². The summed E-state index contributed by atoms with van der Waals surface area (Å²) in [5, 5.41) is 2.82. The Kier molecular flexibility index (Phi) is 4.57. The Morgan fingerprint density at radius 2 is 2.29 bits per heavy atom. The molecular formula is C15H23N3O3. The average Bonchev–Trinajstić information content (AvgIpc) is 2.37. The normalized spacial score (nSPS) is 16.0. The Labute approximate surface area is 125 Å². The van der Waals surface area contributed by atoms with E-state index in [1.807, 2.05) is 36.9 Å². The Morgan fingerprint density at radius 1 is 1.52 bits per heavy atom. The molecule has 0 aromatic heterocycles. The van der Waals surface area contributed by atoms with Gasteiger partial charge in [-0.15, -0.1) is 0 Å². The largest absolute Gasteiger partial charge is 0.484 e. The first kappa shape index (κ1) is 15.4. The number of nitrogens with zero attached hydrogens (tertiary/aromatic N) is 1. The van der Waals surface area contributed by atoms with E-state index in [0.717, 1.165) is 11.4 Å². The van der Waals surface area contributed by atoms with Crippen LogP contribution in [0.3, 0.4) is 0 Å². The summed E-state index contributed by atoms with van der Waals surface area (Å²) in [6.07, 6.45) is 0. The summed E-state index contributed by atoms with van der Waals surface area (Å²) in [6, 6.07) is 5.55. The van der Waals surface area contributed by atoms with E-state index < -0.39 is 0 Å². The molecule has 0 bridgehead atoms. The highest BCUT2D eigenvalue weighted by atomic mass is 16.5. The number of ether oxygens (including phenoxy) is 2. The van der Waals surface area contributed by atoms with Crippen molar-refractivity contribution < 1.29 is 14.3 Å². The predicted octanol–water partition coefficient (Wildman–Crippen LogP) is 1.01. The molecule has 0 atom stereocenters. The molecule has 0 unspecified atom stereocenters. The van der Waals surface area contributed by atoms with Crippen LogP contribution < -0.4 is 20.7 Å². The number of carbonyl (C=O) groups is 1. The topological polar surface area (TPSA) is 76.8 Å². The van der Waals surface area contributed by atoms with Crippen LogP contribution in [0.2, 0.25) is 0 Å². The van der Waals surface area contributed by atoms with Crippen LogP contribution in [0.5, 0.6) is 5.75 Å². The zero-order valence-electron chi connectivity index (χ0n) is 12.8. The molecule has 6 heteroatoms. The monoisotopic (exact) mass is 293 g/mol. The Balaban J connectivity index is 2.14. The number of hydrogen-bond acceptors (Lipinski definition) is 5. The van der Waals surface area contributed by atoms with Gasteiger partial charge in [-0.3, -0.25) is 4.79 Å². The van der Waals surface area contributed by atoms with Crippen molar-refractivity contribution in [1.82, 2.24) is 5.32 Å². The van der Waals surface area contributed by atoms with Gasteiger partial charge >= 0.3 is 0 Å². The summed E-state index contributed by atoms with van der Waals surface area (Å²) >= 11 is 0. The molecule has 1 aliphatic rings. The van der Waals surface area contributed by atoms with E-state index >= 15 is 0 Å². The highest BCUT2D eigenvalue weighted by Crippen LogP contribution is 2.40. The fraction of sp³-hybridized carbons (Fsp3) is 0.533. The van der Waals surface area contributed by atoms with Crippen molar-refractivity contribution in [3.8, 4) is 5.75 Å². The van der Waals surface area contributed by atoms with Gasteiger partial charge in [0.1, 0.15) is 17.0 Å². The number of para-hydroxylation sites is 1. The number of fused-ring (bicyclic) bond motifs is 1. The van der Waals surface area contributed by atoms with Crippen LogP contribution in [0.1, 0.15) is 13.8 Å². The molecule has 0 aliphatic carbocycles. The van der Waals surface area contributed by atoms with Crippen molar-refractivity contribution in [2.24, 2.45) is 0 Å². The van der Waals surface area contributed by atoms with Gasteiger partial charge in [0.15, 0.2) is 0 Å². The minimum Gasteiger partial charge on any atom is -0.484 e. The molecule has 1 aromatic rings. The molecule has 1 aromatic carbocycles. The van der Waals surface area contributed by atoms with Gasteiger partial charge in [-0.2, -0.15) is 0 Å². The van der Waals surface area contributed by atoms with Crippen LogP contribution in [0, 0.1) is 0 Å². The molecule has 0 saturated heterocycles. The van der Waals surface area contributed by atoms with Crippen molar-refractivity contribution >= 4 is 17.3 Å². The number of nitrogens with one attached hydrogen (secondary N) is 1. The maximum absolute atomic E-state index is 12.0. The van der Waals surface area contributed by atoms with E-state index in [0.29, 0.717) is 25.4 Å². The van der Waals surface area contributed by atoms with E-state index in [2.05, 4.69) is 5.32 Å². The highest BCUT2D eigenvalue weighted by molar-refractivity contribution is 5.85. The minimum atomic E-state index is -0.367. The summed E-state index contributed by atoms with van der Waals surface area (Å²) in [7, 11) is 1.60. The number of benzene rings is 1. The Bertz CT molecular complexity index is 517. The molecule has 0 saturated carbocycles. The molecule has 1 heterocycles. The van der Waals surface area contributed by atoms with E-state index in [1.54, 1.807) is 7.11 Å². The van der Waals surface area contributed by atoms with Gasteiger partial charge in [-0.05, 0) is 26.0 Å². The first-order valence-electron chi connectivity index (χ1n) is 7.01. The Morgan fingerprint density at radius 3 is 3.00 bits per heavy atom. The maximum atomic E-state index is 12.0. The van der Waals surface area contributed by atoms with Crippen molar-refractivity contribution in [3.05, 3.63) is 18.2 Å².